The maximum atomic E-state index is 13.2. The molecule has 2 aromatic heterocycles. The lowest BCUT2D eigenvalue weighted by molar-refractivity contribution is 0.0718. The molecule has 3 heterocycles. The highest BCUT2D eigenvalue weighted by Gasteiger charge is 2.31. The summed E-state index contributed by atoms with van der Waals surface area (Å²) in [6, 6.07) is 15.0. The van der Waals surface area contributed by atoms with Crippen molar-refractivity contribution in [3.05, 3.63) is 72.7 Å². The molecule has 3 aromatic rings. The summed E-state index contributed by atoms with van der Waals surface area (Å²) in [4.78, 5) is 19.4. The zero-order chi connectivity index (χ0) is 17.8. The average molecular weight is 348 g/mol. The highest BCUT2D eigenvalue weighted by atomic mass is 16.5. The number of para-hydroxylation sites is 1. The molecule has 1 amide bonds. The van der Waals surface area contributed by atoms with E-state index in [2.05, 4.69) is 10.1 Å². The van der Waals surface area contributed by atoms with E-state index in [1.54, 1.807) is 24.5 Å². The van der Waals surface area contributed by atoms with Crippen molar-refractivity contribution < 1.29 is 9.53 Å². The normalized spacial score (nSPS) is 16.6. The van der Waals surface area contributed by atoms with Gasteiger partial charge in [0.1, 0.15) is 11.3 Å². The predicted molar refractivity (Wildman–Crippen MR) is 97.0 cm³/mol. The number of likely N-dealkylation sites (tertiary alicyclic amines) is 1. The molecule has 6 nitrogen and oxygen atoms in total. The van der Waals surface area contributed by atoms with E-state index in [4.69, 9.17) is 4.74 Å². The van der Waals surface area contributed by atoms with Gasteiger partial charge in [-0.15, -0.1) is 0 Å². The van der Waals surface area contributed by atoms with Crippen molar-refractivity contribution in [2.45, 2.75) is 25.4 Å². The minimum Gasteiger partial charge on any atom is -0.438 e. The van der Waals surface area contributed by atoms with Crippen LogP contribution in [0.4, 0.5) is 0 Å². The van der Waals surface area contributed by atoms with E-state index >= 15 is 0 Å². The van der Waals surface area contributed by atoms with Gasteiger partial charge < -0.3 is 9.64 Å². The minimum absolute atomic E-state index is 0.0429. The summed E-state index contributed by atoms with van der Waals surface area (Å²) in [5.41, 5.74) is 0.490. The second-order valence-electron chi connectivity index (χ2n) is 6.29. The van der Waals surface area contributed by atoms with Crippen LogP contribution in [0.15, 0.2) is 67.1 Å². The van der Waals surface area contributed by atoms with E-state index < -0.39 is 0 Å². The molecule has 6 heteroatoms. The van der Waals surface area contributed by atoms with Gasteiger partial charge in [-0.3, -0.25) is 9.48 Å². The fraction of sp³-hybridized carbons (Fsp3) is 0.250. The maximum Gasteiger partial charge on any atom is 0.259 e. The van der Waals surface area contributed by atoms with Crippen LogP contribution in [-0.2, 0) is 6.54 Å². The number of carbonyl (C=O) groups is 1. The van der Waals surface area contributed by atoms with Crippen LogP contribution in [-0.4, -0.2) is 38.2 Å². The van der Waals surface area contributed by atoms with Crippen molar-refractivity contribution in [1.82, 2.24) is 19.7 Å². The Morgan fingerprint density at radius 3 is 2.81 bits per heavy atom. The molecule has 1 aromatic carbocycles. The van der Waals surface area contributed by atoms with Gasteiger partial charge in [0, 0.05) is 25.1 Å². The number of nitrogens with zero attached hydrogens (tertiary/aromatic N) is 4. The second-order valence-corrected chi connectivity index (χ2v) is 6.29. The molecule has 26 heavy (non-hydrogen) atoms. The fourth-order valence-corrected chi connectivity index (χ4v) is 3.31. The number of aromatic nitrogens is 3. The smallest absolute Gasteiger partial charge is 0.259 e. The van der Waals surface area contributed by atoms with Gasteiger partial charge in [-0.25, -0.2) is 4.98 Å². The lowest BCUT2D eigenvalue weighted by atomic mass is 10.2. The molecule has 0 radical (unpaired) electrons. The van der Waals surface area contributed by atoms with Crippen LogP contribution in [0.25, 0.3) is 0 Å². The number of ether oxygens (including phenoxy) is 1. The molecule has 0 N–H and O–H groups in total. The Morgan fingerprint density at radius 2 is 2.00 bits per heavy atom. The van der Waals surface area contributed by atoms with Crippen LogP contribution in [0.5, 0.6) is 11.6 Å². The molecule has 1 aliphatic heterocycles. The summed E-state index contributed by atoms with van der Waals surface area (Å²) < 4.78 is 7.73. The van der Waals surface area contributed by atoms with Gasteiger partial charge in [0.2, 0.25) is 5.88 Å². The number of carbonyl (C=O) groups excluding carboxylic acids is 1. The zero-order valence-corrected chi connectivity index (χ0v) is 14.4. The summed E-state index contributed by atoms with van der Waals surface area (Å²) in [6.45, 7) is 1.44. The molecule has 1 aliphatic rings. The number of amides is 1. The van der Waals surface area contributed by atoms with Crippen LogP contribution in [0.2, 0.25) is 0 Å². The SMILES string of the molecule is O=C(c1cccnc1Oc1ccccc1)N1CCCC1Cn1cccn1. The summed E-state index contributed by atoms with van der Waals surface area (Å²) in [5, 5.41) is 4.26. The van der Waals surface area contributed by atoms with Gasteiger partial charge in [-0.2, -0.15) is 5.10 Å². The first-order valence-electron chi connectivity index (χ1n) is 8.77. The summed E-state index contributed by atoms with van der Waals surface area (Å²) in [5.74, 6) is 0.960. The van der Waals surface area contributed by atoms with Crippen molar-refractivity contribution in [3.63, 3.8) is 0 Å². The van der Waals surface area contributed by atoms with E-state index in [9.17, 15) is 4.79 Å². The molecule has 0 saturated carbocycles. The first kappa shape index (κ1) is 16.3. The Bertz CT molecular complexity index is 865. The van der Waals surface area contributed by atoms with Crippen molar-refractivity contribution in [1.29, 1.82) is 0 Å². The van der Waals surface area contributed by atoms with E-state index in [-0.39, 0.29) is 11.9 Å². The monoisotopic (exact) mass is 348 g/mol. The van der Waals surface area contributed by atoms with Crippen molar-refractivity contribution in [2.75, 3.05) is 6.54 Å². The van der Waals surface area contributed by atoms with Gasteiger partial charge in [0.05, 0.1) is 12.6 Å². The summed E-state index contributed by atoms with van der Waals surface area (Å²) >= 11 is 0. The Morgan fingerprint density at radius 1 is 1.12 bits per heavy atom. The topological polar surface area (TPSA) is 60.2 Å². The molecule has 132 valence electrons. The largest absolute Gasteiger partial charge is 0.438 e. The lowest BCUT2D eigenvalue weighted by Crippen LogP contribution is -2.38. The minimum atomic E-state index is -0.0429. The molecule has 1 fully saturated rings. The summed E-state index contributed by atoms with van der Waals surface area (Å²) in [7, 11) is 0. The number of rotatable bonds is 5. The molecular formula is C20H20N4O2. The Kier molecular flexibility index (Phi) is 4.64. The molecule has 1 unspecified atom stereocenters. The van der Waals surface area contributed by atoms with E-state index in [1.165, 1.54) is 0 Å². The zero-order valence-electron chi connectivity index (χ0n) is 14.4. The molecule has 0 bridgehead atoms. The Labute approximate surface area is 152 Å². The van der Waals surface area contributed by atoms with Crippen molar-refractivity contribution >= 4 is 5.91 Å². The first-order chi connectivity index (χ1) is 12.8. The third-order valence-corrected chi connectivity index (χ3v) is 4.55. The van der Waals surface area contributed by atoms with E-state index in [0.717, 1.165) is 19.4 Å². The number of hydrogen-bond acceptors (Lipinski definition) is 4. The van der Waals surface area contributed by atoms with Crippen molar-refractivity contribution in [3.8, 4) is 11.6 Å². The fourth-order valence-electron chi connectivity index (χ4n) is 3.31. The van der Waals surface area contributed by atoms with Gasteiger partial charge in [0.15, 0.2) is 0 Å². The molecule has 0 aliphatic carbocycles. The molecule has 4 rings (SSSR count). The number of benzene rings is 1. The van der Waals surface area contributed by atoms with Crippen LogP contribution >= 0.6 is 0 Å². The Hall–Kier alpha value is -3.15. The quantitative estimate of drug-likeness (QED) is 0.709. The highest BCUT2D eigenvalue weighted by molar-refractivity contribution is 5.96. The van der Waals surface area contributed by atoms with Gasteiger partial charge in [-0.1, -0.05) is 18.2 Å². The van der Waals surface area contributed by atoms with Crippen LogP contribution < -0.4 is 4.74 Å². The maximum absolute atomic E-state index is 13.2. The number of pyridine rings is 1. The average Bonchev–Trinajstić information content (AvgIpc) is 3.35. The molecule has 1 atom stereocenters. The first-order valence-corrected chi connectivity index (χ1v) is 8.77. The number of hydrogen-bond donors (Lipinski definition) is 0. The van der Waals surface area contributed by atoms with Gasteiger partial charge >= 0.3 is 0 Å². The molecule has 1 saturated heterocycles. The summed E-state index contributed by atoms with van der Waals surface area (Å²) in [6.07, 6.45) is 7.29. The van der Waals surface area contributed by atoms with Crippen LogP contribution in [0.1, 0.15) is 23.2 Å². The van der Waals surface area contributed by atoms with Gasteiger partial charge in [-0.05, 0) is 43.2 Å². The van der Waals surface area contributed by atoms with Gasteiger partial charge in [0.25, 0.3) is 5.91 Å². The van der Waals surface area contributed by atoms with E-state index in [1.807, 2.05) is 52.2 Å². The molecular weight excluding hydrogens is 328 g/mol. The second kappa shape index (κ2) is 7.39. The standard InChI is InChI=1S/C20H20N4O2/c25-20(24-14-5-7-16(24)15-23-13-6-12-22-23)18-10-4-11-21-19(18)26-17-8-2-1-3-9-17/h1-4,6,8-13,16H,5,7,14-15H2. The third kappa shape index (κ3) is 3.44. The highest BCUT2D eigenvalue weighted by Crippen LogP contribution is 2.27. The predicted octanol–water partition coefficient (Wildman–Crippen LogP) is 3.38. The van der Waals surface area contributed by atoms with E-state index in [0.29, 0.717) is 23.7 Å². The lowest BCUT2D eigenvalue weighted by Gasteiger charge is -2.25. The van der Waals surface area contributed by atoms with Crippen molar-refractivity contribution in [2.24, 2.45) is 0 Å². The Balaban J connectivity index is 1.56. The third-order valence-electron chi connectivity index (χ3n) is 4.55. The van der Waals surface area contributed by atoms with Crippen LogP contribution in [0, 0.1) is 0 Å². The molecule has 0 spiro atoms. The van der Waals surface area contributed by atoms with Crippen LogP contribution in [0.3, 0.4) is 0 Å².